The van der Waals surface area contributed by atoms with E-state index in [0.29, 0.717) is 29.7 Å². The second kappa shape index (κ2) is 6.88. The number of benzene rings is 1. The molecule has 0 unspecified atom stereocenters. The molecule has 4 rings (SSSR count). The Morgan fingerprint density at radius 3 is 2.57 bits per heavy atom. The lowest BCUT2D eigenvalue weighted by molar-refractivity contribution is -0.137. The maximum Gasteiger partial charge on any atom is 0.416 e. The summed E-state index contributed by atoms with van der Waals surface area (Å²) >= 11 is 0. The maximum atomic E-state index is 12.8. The minimum absolute atomic E-state index is 0.189. The summed E-state index contributed by atoms with van der Waals surface area (Å²) in [6.07, 6.45) is -2.26. The van der Waals surface area contributed by atoms with Crippen molar-refractivity contribution in [2.75, 3.05) is 31.6 Å². The predicted molar refractivity (Wildman–Crippen MR) is 98.0 cm³/mol. The van der Waals surface area contributed by atoms with Gasteiger partial charge in [0.25, 0.3) is 0 Å². The molecule has 1 aromatic carbocycles. The van der Waals surface area contributed by atoms with E-state index in [1.165, 1.54) is 6.07 Å². The molecule has 0 amide bonds. The number of alkyl halides is 3. The average molecular weight is 393 g/mol. The highest BCUT2D eigenvalue weighted by Crippen LogP contribution is 2.37. The Labute approximate surface area is 161 Å². The molecule has 1 aromatic heterocycles. The number of likely N-dealkylation sites (N-methyl/N-ethyl adjacent to an activating group) is 1. The third kappa shape index (κ3) is 3.39. The van der Waals surface area contributed by atoms with Crippen LogP contribution in [0.4, 0.5) is 19.1 Å². The number of aryl methyl sites for hydroxylation is 1. The van der Waals surface area contributed by atoms with E-state index < -0.39 is 17.5 Å². The molecule has 2 saturated heterocycles. The Morgan fingerprint density at radius 2 is 1.89 bits per heavy atom. The average Bonchev–Trinajstić information content (AvgIpc) is 3.04. The minimum Gasteiger partial charge on any atom is -0.507 e. The number of hydrogen-bond donors (Lipinski definition) is 1. The summed E-state index contributed by atoms with van der Waals surface area (Å²) in [6.45, 7) is 4.65. The van der Waals surface area contributed by atoms with Gasteiger partial charge in [0, 0.05) is 24.7 Å². The quantitative estimate of drug-likeness (QED) is 0.846. The summed E-state index contributed by atoms with van der Waals surface area (Å²) in [6, 6.07) is 3.18. The Bertz CT molecular complexity index is 888. The van der Waals surface area contributed by atoms with Crippen LogP contribution in [0.15, 0.2) is 18.2 Å². The van der Waals surface area contributed by atoms with Crippen molar-refractivity contribution in [2.24, 2.45) is 5.92 Å². The van der Waals surface area contributed by atoms with Crippen molar-refractivity contribution in [2.45, 2.75) is 32.0 Å². The first-order valence-corrected chi connectivity index (χ1v) is 9.31. The molecule has 0 aliphatic carbocycles. The molecule has 2 aliphatic heterocycles. The Hall–Kier alpha value is -2.42. The Kier molecular flexibility index (Phi) is 4.65. The zero-order valence-electron chi connectivity index (χ0n) is 15.7. The summed E-state index contributed by atoms with van der Waals surface area (Å²) in [5.41, 5.74) is 0.0846. The maximum absolute atomic E-state index is 12.8. The monoisotopic (exact) mass is 393 g/mol. The van der Waals surface area contributed by atoms with Gasteiger partial charge in [0.05, 0.1) is 11.3 Å². The number of fused-ring (bicyclic) bond motifs is 1. The van der Waals surface area contributed by atoms with Crippen LogP contribution in [0.1, 0.15) is 24.1 Å². The van der Waals surface area contributed by atoms with Gasteiger partial charge in [-0.1, -0.05) is 0 Å². The molecule has 0 saturated carbocycles. The molecule has 2 aromatic rings. The third-order valence-electron chi connectivity index (χ3n) is 5.75. The first kappa shape index (κ1) is 18.9. The number of phenols is 1. The number of aromatic hydroxyl groups is 1. The highest BCUT2D eigenvalue weighted by Gasteiger charge is 2.39. The van der Waals surface area contributed by atoms with Gasteiger partial charge in [0.1, 0.15) is 11.4 Å². The molecule has 3 heterocycles. The van der Waals surface area contributed by atoms with E-state index in [-0.39, 0.29) is 11.3 Å². The van der Waals surface area contributed by atoms with E-state index in [1.54, 1.807) is 6.92 Å². The van der Waals surface area contributed by atoms with E-state index in [9.17, 15) is 18.3 Å². The predicted octanol–water partition coefficient (Wildman–Crippen LogP) is 3.10. The molecule has 2 atom stereocenters. The van der Waals surface area contributed by atoms with Gasteiger partial charge in [-0.25, -0.2) is 4.98 Å². The second-order valence-electron chi connectivity index (χ2n) is 7.64. The standard InChI is InChI=1S/C19H22F3N5O/c1-11-17(14-4-3-13(9-16(14)28)19(20,21)22)24-25-18(23-11)27-8-6-12-5-7-26(2)10-15(12)27/h3-4,9,12,15,28H,5-8,10H2,1-2H3/t12-,15-/m0/s1. The lowest BCUT2D eigenvalue weighted by Gasteiger charge is -2.36. The zero-order valence-corrected chi connectivity index (χ0v) is 15.7. The first-order valence-electron chi connectivity index (χ1n) is 9.31. The second-order valence-corrected chi connectivity index (χ2v) is 7.64. The van der Waals surface area contributed by atoms with Crippen LogP contribution in [0.25, 0.3) is 11.3 Å². The van der Waals surface area contributed by atoms with Gasteiger partial charge in [-0.15, -0.1) is 10.2 Å². The van der Waals surface area contributed by atoms with Gasteiger partial charge in [-0.05, 0) is 57.5 Å². The highest BCUT2D eigenvalue weighted by atomic mass is 19.4. The normalized spacial score (nSPS) is 23.1. The van der Waals surface area contributed by atoms with Crippen molar-refractivity contribution in [3.63, 3.8) is 0 Å². The number of likely N-dealkylation sites (tertiary alicyclic amines) is 1. The van der Waals surface area contributed by atoms with E-state index in [2.05, 4.69) is 32.0 Å². The highest BCUT2D eigenvalue weighted by molar-refractivity contribution is 5.69. The van der Waals surface area contributed by atoms with Crippen molar-refractivity contribution in [3.8, 4) is 17.0 Å². The summed E-state index contributed by atoms with van der Waals surface area (Å²) in [5.74, 6) is 0.672. The Balaban J connectivity index is 1.62. The molecule has 150 valence electrons. The van der Waals surface area contributed by atoms with Crippen molar-refractivity contribution in [3.05, 3.63) is 29.5 Å². The third-order valence-corrected chi connectivity index (χ3v) is 5.75. The summed E-state index contributed by atoms with van der Waals surface area (Å²) < 4.78 is 38.4. The van der Waals surface area contributed by atoms with Gasteiger partial charge >= 0.3 is 6.18 Å². The number of nitrogens with zero attached hydrogens (tertiary/aromatic N) is 5. The minimum atomic E-state index is -4.52. The van der Waals surface area contributed by atoms with E-state index in [1.807, 2.05) is 0 Å². The van der Waals surface area contributed by atoms with Crippen LogP contribution in [0.2, 0.25) is 0 Å². The molecule has 0 spiro atoms. The van der Waals surface area contributed by atoms with Gasteiger partial charge in [0.2, 0.25) is 5.95 Å². The molecule has 0 radical (unpaired) electrons. The zero-order chi connectivity index (χ0) is 20.1. The Morgan fingerprint density at radius 1 is 1.14 bits per heavy atom. The lowest BCUT2D eigenvalue weighted by Crippen LogP contribution is -2.47. The fourth-order valence-corrected chi connectivity index (χ4v) is 4.22. The molecular formula is C19H22F3N5O. The van der Waals surface area contributed by atoms with Crippen LogP contribution in [-0.4, -0.2) is 57.9 Å². The van der Waals surface area contributed by atoms with Crippen LogP contribution in [0.5, 0.6) is 5.75 Å². The van der Waals surface area contributed by atoms with Crippen LogP contribution in [-0.2, 0) is 6.18 Å². The van der Waals surface area contributed by atoms with Gasteiger partial charge in [-0.2, -0.15) is 13.2 Å². The van der Waals surface area contributed by atoms with Crippen molar-refractivity contribution in [1.82, 2.24) is 20.1 Å². The number of piperidine rings is 1. The number of rotatable bonds is 2. The van der Waals surface area contributed by atoms with Gasteiger partial charge in [0.15, 0.2) is 0 Å². The molecule has 28 heavy (non-hydrogen) atoms. The van der Waals surface area contributed by atoms with Crippen LogP contribution < -0.4 is 4.90 Å². The molecule has 6 nitrogen and oxygen atoms in total. The summed E-state index contributed by atoms with van der Waals surface area (Å²) in [4.78, 5) is 9.04. The molecule has 2 fully saturated rings. The smallest absolute Gasteiger partial charge is 0.416 e. The summed E-state index contributed by atoms with van der Waals surface area (Å²) in [7, 11) is 2.10. The van der Waals surface area contributed by atoms with Crippen molar-refractivity contribution < 1.29 is 18.3 Å². The van der Waals surface area contributed by atoms with Crippen LogP contribution in [0.3, 0.4) is 0 Å². The van der Waals surface area contributed by atoms with E-state index >= 15 is 0 Å². The number of hydrogen-bond acceptors (Lipinski definition) is 6. The first-order chi connectivity index (χ1) is 13.2. The van der Waals surface area contributed by atoms with E-state index in [4.69, 9.17) is 0 Å². The van der Waals surface area contributed by atoms with Crippen LogP contribution in [0, 0.1) is 12.8 Å². The lowest BCUT2D eigenvalue weighted by atomic mass is 9.92. The van der Waals surface area contributed by atoms with Gasteiger partial charge < -0.3 is 14.9 Å². The molecule has 0 bridgehead atoms. The van der Waals surface area contributed by atoms with Crippen molar-refractivity contribution >= 4 is 5.95 Å². The number of anilines is 1. The molecule has 9 heteroatoms. The topological polar surface area (TPSA) is 65.4 Å². The van der Waals surface area contributed by atoms with Gasteiger partial charge in [-0.3, -0.25) is 0 Å². The SMILES string of the molecule is Cc1nc(N2CC[C@@H]3CCN(C)C[C@@H]32)nnc1-c1ccc(C(F)(F)F)cc1O. The number of phenolic OH excluding ortho intramolecular Hbond substituents is 1. The van der Waals surface area contributed by atoms with E-state index in [0.717, 1.165) is 38.5 Å². The fraction of sp³-hybridized carbons (Fsp3) is 0.526. The molecular weight excluding hydrogens is 371 g/mol. The van der Waals surface area contributed by atoms with Crippen LogP contribution >= 0.6 is 0 Å². The fourth-order valence-electron chi connectivity index (χ4n) is 4.22. The summed E-state index contributed by atoms with van der Waals surface area (Å²) in [5, 5.41) is 18.5. The number of aromatic nitrogens is 3. The molecule has 1 N–H and O–H groups in total. The van der Waals surface area contributed by atoms with Crippen molar-refractivity contribution in [1.29, 1.82) is 0 Å². The number of halogens is 3. The molecule has 2 aliphatic rings. The largest absolute Gasteiger partial charge is 0.507 e.